The third-order valence-corrected chi connectivity index (χ3v) is 2.17. The number of hydrogen-bond acceptors (Lipinski definition) is 4. The molecule has 15 heavy (non-hydrogen) atoms. The van der Waals surface area contributed by atoms with Gasteiger partial charge in [-0.3, -0.25) is 4.79 Å². The molecule has 1 atom stereocenters. The third-order valence-electron chi connectivity index (χ3n) is 2.17. The van der Waals surface area contributed by atoms with E-state index in [0.717, 1.165) is 0 Å². The molecule has 4 nitrogen and oxygen atoms in total. The minimum absolute atomic E-state index is 0.229. The van der Waals surface area contributed by atoms with E-state index >= 15 is 0 Å². The van der Waals surface area contributed by atoms with Gasteiger partial charge in [0.15, 0.2) is 0 Å². The summed E-state index contributed by atoms with van der Waals surface area (Å²) in [5.41, 5.74) is 5.12. The summed E-state index contributed by atoms with van der Waals surface area (Å²) in [6, 6.07) is -0.662. The fourth-order valence-electron chi connectivity index (χ4n) is 0.938. The lowest BCUT2D eigenvalue weighted by Gasteiger charge is -2.32. The predicted molar refractivity (Wildman–Crippen MR) is 59.5 cm³/mol. The maximum atomic E-state index is 11.3. The number of hydrogen-bond donors (Lipinski definition) is 1. The minimum Gasteiger partial charge on any atom is -0.468 e. The van der Waals surface area contributed by atoms with Crippen molar-refractivity contribution in [3.63, 3.8) is 0 Å². The van der Waals surface area contributed by atoms with Gasteiger partial charge in [0, 0.05) is 5.41 Å². The number of carbonyl (C=O) groups is 1. The van der Waals surface area contributed by atoms with E-state index in [4.69, 9.17) is 10.5 Å². The van der Waals surface area contributed by atoms with Crippen LogP contribution in [0.15, 0.2) is 0 Å². The van der Waals surface area contributed by atoms with Crippen LogP contribution < -0.4 is 5.73 Å². The van der Waals surface area contributed by atoms with Gasteiger partial charge in [0.1, 0.15) is 6.04 Å². The summed E-state index contributed by atoms with van der Waals surface area (Å²) in [6.07, 6.45) is 0. The normalized spacial score (nSPS) is 14.9. The van der Waals surface area contributed by atoms with E-state index in [1.165, 1.54) is 7.11 Å². The Balaban J connectivity index is 4.35. The standard InChI is InChI=1S/C11H23NO3/c1-10(2,3)15-7-11(4,5)8(12)9(13)14-6/h8H,7,12H2,1-6H3. The Bertz CT molecular complexity index is 218. The van der Waals surface area contributed by atoms with E-state index in [1.807, 2.05) is 34.6 Å². The molecule has 0 saturated carbocycles. The molecule has 0 amide bonds. The lowest BCUT2D eigenvalue weighted by atomic mass is 9.85. The van der Waals surface area contributed by atoms with Crippen LogP contribution in [-0.4, -0.2) is 31.3 Å². The van der Waals surface area contributed by atoms with Crippen molar-refractivity contribution in [3.05, 3.63) is 0 Å². The van der Waals surface area contributed by atoms with Gasteiger partial charge < -0.3 is 15.2 Å². The largest absolute Gasteiger partial charge is 0.468 e. The monoisotopic (exact) mass is 217 g/mol. The van der Waals surface area contributed by atoms with Crippen LogP contribution in [-0.2, 0) is 14.3 Å². The maximum absolute atomic E-state index is 11.3. The first-order chi connectivity index (χ1) is 6.60. The van der Waals surface area contributed by atoms with Gasteiger partial charge >= 0.3 is 5.97 Å². The first-order valence-corrected chi connectivity index (χ1v) is 5.07. The lowest BCUT2D eigenvalue weighted by molar-refractivity contribution is -0.147. The van der Waals surface area contributed by atoms with Crippen LogP contribution in [0, 0.1) is 5.41 Å². The molecule has 0 heterocycles. The Kier molecular flexibility index (Phi) is 4.74. The molecular weight excluding hydrogens is 194 g/mol. The Morgan fingerprint density at radius 3 is 2.07 bits per heavy atom. The highest BCUT2D eigenvalue weighted by Crippen LogP contribution is 2.23. The zero-order valence-corrected chi connectivity index (χ0v) is 10.6. The molecule has 0 spiro atoms. The van der Waals surface area contributed by atoms with Gasteiger partial charge in [0.2, 0.25) is 0 Å². The van der Waals surface area contributed by atoms with E-state index in [9.17, 15) is 4.79 Å². The highest BCUT2D eigenvalue weighted by atomic mass is 16.5. The molecular formula is C11H23NO3. The quantitative estimate of drug-likeness (QED) is 0.722. The Labute approximate surface area is 92.1 Å². The van der Waals surface area contributed by atoms with E-state index in [0.29, 0.717) is 6.61 Å². The molecule has 0 rings (SSSR count). The topological polar surface area (TPSA) is 61.5 Å². The molecule has 0 aliphatic carbocycles. The van der Waals surface area contributed by atoms with Crippen molar-refractivity contribution in [1.29, 1.82) is 0 Å². The fraction of sp³-hybridized carbons (Fsp3) is 0.909. The number of esters is 1. The van der Waals surface area contributed by atoms with Crippen LogP contribution in [0.5, 0.6) is 0 Å². The highest BCUT2D eigenvalue weighted by Gasteiger charge is 2.34. The van der Waals surface area contributed by atoms with Crippen LogP contribution in [0.1, 0.15) is 34.6 Å². The predicted octanol–water partition coefficient (Wildman–Crippen LogP) is 1.33. The molecule has 0 aliphatic rings. The Hall–Kier alpha value is -0.610. The summed E-state index contributed by atoms with van der Waals surface area (Å²) < 4.78 is 10.2. The van der Waals surface area contributed by atoms with Gasteiger partial charge in [-0.25, -0.2) is 0 Å². The van der Waals surface area contributed by atoms with E-state index in [1.54, 1.807) is 0 Å². The van der Waals surface area contributed by atoms with Crippen molar-refractivity contribution in [2.45, 2.75) is 46.3 Å². The molecule has 0 aromatic heterocycles. The molecule has 0 aromatic carbocycles. The second-order valence-electron chi connectivity index (χ2n) is 5.39. The summed E-state index contributed by atoms with van der Waals surface area (Å²) in [7, 11) is 1.34. The van der Waals surface area contributed by atoms with Crippen LogP contribution >= 0.6 is 0 Å². The smallest absolute Gasteiger partial charge is 0.323 e. The highest BCUT2D eigenvalue weighted by molar-refractivity contribution is 5.76. The lowest BCUT2D eigenvalue weighted by Crippen LogP contribution is -2.48. The number of rotatable bonds is 4. The molecule has 0 bridgehead atoms. The molecule has 2 N–H and O–H groups in total. The summed E-state index contributed by atoms with van der Waals surface area (Å²) in [4.78, 5) is 11.3. The second-order valence-corrected chi connectivity index (χ2v) is 5.39. The van der Waals surface area contributed by atoms with Gasteiger partial charge in [-0.05, 0) is 20.8 Å². The molecule has 0 fully saturated rings. The molecule has 0 radical (unpaired) electrons. The first kappa shape index (κ1) is 14.4. The van der Waals surface area contributed by atoms with Crippen LogP contribution in [0.2, 0.25) is 0 Å². The summed E-state index contributed by atoms with van der Waals surface area (Å²) in [5, 5.41) is 0. The zero-order valence-electron chi connectivity index (χ0n) is 10.6. The van der Waals surface area contributed by atoms with Crippen molar-refractivity contribution in [2.24, 2.45) is 11.1 Å². The summed E-state index contributed by atoms with van der Waals surface area (Å²) >= 11 is 0. The third kappa shape index (κ3) is 5.14. The number of carbonyl (C=O) groups excluding carboxylic acids is 1. The van der Waals surface area contributed by atoms with Crippen LogP contribution in [0.3, 0.4) is 0 Å². The van der Waals surface area contributed by atoms with E-state index in [2.05, 4.69) is 4.74 Å². The van der Waals surface area contributed by atoms with Gasteiger partial charge in [0.05, 0.1) is 19.3 Å². The van der Waals surface area contributed by atoms with Crippen molar-refractivity contribution in [3.8, 4) is 0 Å². The van der Waals surface area contributed by atoms with Gasteiger partial charge in [-0.15, -0.1) is 0 Å². The van der Waals surface area contributed by atoms with Crippen molar-refractivity contribution < 1.29 is 14.3 Å². The molecule has 0 aliphatic heterocycles. The molecule has 90 valence electrons. The van der Waals surface area contributed by atoms with Crippen LogP contribution in [0.25, 0.3) is 0 Å². The minimum atomic E-state index is -0.662. The molecule has 4 heteroatoms. The van der Waals surface area contributed by atoms with Crippen LogP contribution in [0.4, 0.5) is 0 Å². The molecule has 0 aromatic rings. The van der Waals surface area contributed by atoms with E-state index < -0.39 is 17.4 Å². The van der Waals surface area contributed by atoms with Crippen molar-refractivity contribution in [2.75, 3.05) is 13.7 Å². The summed E-state index contributed by atoms with van der Waals surface area (Å²) in [5.74, 6) is -0.405. The number of nitrogens with two attached hydrogens (primary N) is 1. The van der Waals surface area contributed by atoms with Crippen molar-refractivity contribution >= 4 is 5.97 Å². The maximum Gasteiger partial charge on any atom is 0.323 e. The molecule has 0 saturated heterocycles. The number of ether oxygens (including phenoxy) is 2. The Morgan fingerprint density at radius 2 is 1.73 bits per heavy atom. The Morgan fingerprint density at radius 1 is 1.27 bits per heavy atom. The second kappa shape index (κ2) is 4.94. The number of methoxy groups -OCH3 is 1. The van der Waals surface area contributed by atoms with Gasteiger partial charge in [-0.1, -0.05) is 13.8 Å². The van der Waals surface area contributed by atoms with Gasteiger partial charge in [0.25, 0.3) is 0 Å². The SMILES string of the molecule is COC(=O)C(N)C(C)(C)COC(C)(C)C. The molecule has 1 unspecified atom stereocenters. The van der Waals surface area contributed by atoms with Crippen molar-refractivity contribution in [1.82, 2.24) is 0 Å². The average Bonchev–Trinajstić information content (AvgIpc) is 2.11. The van der Waals surface area contributed by atoms with E-state index in [-0.39, 0.29) is 5.60 Å². The van der Waals surface area contributed by atoms with Gasteiger partial charge in [-0.2, -0.15) is 0 Å². The average molecular weight is 217 g/mol. The zero-order chi connectivity index (χ0) is 12.3. The first-order valence-electron chi connectivity index (χ1n) is 5.07. The summed E-state index contributed by atoms with van der Waals surface area (Å²) in [6.45, 7) is 10.1. The fourth-order valence-corrected chi connectivity index (χ4v) is 0.938.